The summed E-state index contributed by atoms with van der Waals surface area (Å²) >= 11 is 6.03. The molecule has 6 heteroatoms. The van der Waals surface area contributed by atoms with Crippen LogP contribution in [0.3, 0.4) is 0 Å². The summed E-state index contributed by atoms with van der Waals surface area (Å²) in [5.41, 5.74) is 0.994. The Morgan fingerprint density at radius 2 is 1.73 bits per heavy atom. The van der Waals surface area contributed by atoms with E-state index in [4.69, 9.17) is 11.6 Å². The van der Waals surface area contributed by atoms with Gasteiger partial charge in [0.15, 0.2) is 0 Å². The van der Waals surface area contributed by atoms with Gasteiger partial charge in [-0.2, -0.15) is 4.31 Å². The first-order chi connectivity index (χ1) is 12.3. The van der Waals surface area contributed by atoms with E-state index in [1.807, 2.05) is 44.2 Å². The van der Waals surface area contributed by atoms with E-state index in [0.717, 1.165) is 11.1 Å². The molecule has 2 aromatic carbocycles. The predicted molar refractivity (Wildman–Crippen MR) is 103 cm³/mol. The summed E-state index contributed by atoms with van der Waals surface area (Å²) in [7, 11) is -3.59. The highest BCUT2D eigenvalue weighted by Gasteiger charge is 2.49. The topological polar surface area (TPSA) is 54.5 Å². The molecule has 138 valence electrons. The number of aryl methyl sites for hydroxylation is 1. The molecule has 1 heterocycles. The van der Waals surface area contributed by atoms with Gasteiger partial charge in [-0.25, -0.2) is 8.42 Å². The number of halogens is 1. The zero-order valence-corrected chi connectivity index (χ0v) is 16.4. The highest BCUT2D eigenvalue weighted by atomic mass is 35.5. The fourth-order valence-electron chi connectivity index (χ4n) is 3.75. The third-order valence-corrected chi connectivity index (χ3v) is 7.59. The largest absolute Gasteiger partial charge is 0.280 e. The van der Waals surface area contributed by atoms with Gasteiger partial charge < -0.3 is 0 Å². The monoisotopic (exact) mass is 391 g/mol. The first kappa shape index (κ1) is 19.1. The number of hydrogen-bond donors (Lipinski definition) is 0. The van der Waals surface area contributed by atoms with E-state index in [9.17, 15) is 13.2 Å². The number of piperidine rings is 1. The zero-order valence-electron chi connectivity index (χ0n) is 14.9. The molecule has 1 aliphatic rings. The predicted octanol–water partition coefficient (Wildman–Crippen LogP) is 3.73. The van der Waals surface area contributed by atoms with E-state index in [0.29, 0.717) is 6.42 Å². The molecule has 2 unspecified atom stereocenters. The molecule has 0 saturated carbocycles. The number of benzene rings is 2. The quantitative estimate of drug-likeness (QED) is 0.746. The normalized spacial score (nSPS) is 24.3. The third-order valence-electron chi connectivity index (χ3n) is 5.37. The van der Waals surface area contributed by atoms with Crippen LogP contribution in [0.5, 0.6) is 0 Å². The van der Waals surface area contributed by atoms with Crippen molar-refractivity contribution in [1.29, 1.82) is 0 Å². The fourth-order valence-corrected chi connectivity index (χ4v) is 5.67. The maximum atomic E-state index is 13.0. The van der Waals surface area contributed by atoms with Gasteiger partial charge in [-0.1, -0.05) is 55.0 Å². The van der Waals surface area contributed by atoms with E-state index < -0.39 is 20.7 Å². The van der Waals surface area contributed by atoms with Gasteiger partial charge in [-0.3, -0.25) is 4.79 Å². The molecule has 1 aliphatic heterocycles. The average Bonchev–Trinajstić information content (AvgIpc) is 2.62. The van der Waals surface area contributed by atoms with Crippen molar-refractivity contribution in [3.63, 3.8) is 0 Å². The molecule has 1 fully saturated rings. The Kier molecular flexibility index (Phi) is 5.24. The lowest BCUT2D eigenvalue weighted by Crippen LogP contribution is -2.53. The standard InChI is InChI=1S/C20H22ClNO3S/c1-15-8-10-18(11-9-15)26(24,25)22-13-12-20(19(21)23,16(2)14-22)17-6-4-3-5-7-17/h3-11,16H,12-14H2,1-2H3. The van der Waals surface area contributed by atoms with Crippen molar-refractivity contribution in [3.05, 3.63) is 65.7 Å². The fraction of sp³-hybridized carbons (Fsp3) is 0.350. The molecule has 0 aromatic heterocycles. The molecule has 0 spiro atoms. The zero-order chi connectivity index (χ0) is 18.9. The van der Waals surface area contributed by atoms with Gasteiger partial charge in [-0.15, -0.1) is 0 Å². The second-order valence-electron chi connectivity index (χ2n) is 6.94. The molecular formula is C20H22ClNO3S. The molecule has 2 atom stereocenters. The molecule has 0 amide bonds. The number of sulfonamides is 1. The van der Waals surface area contributed by atoms with Gasteiger partial charge in [0.1, 0.15) is 0 Å². The third kappa shape index (κ3) is 3.20. The van der Waals surface area contributed by atoms with Gasteiger partial charge in [0.05, 0.1) is 10.3 Å². The Hall–Kier alpha value is -1.69. The van der Waals surface area contributed by atoms with Crippen LogP contribution in [0.2, 0.25) is 0 Å². The van der Waals surface area contributed by atoms with Crippen molar-refractivity contribution in [2.45, 2.75) is 30.6 Å². The van der Waals surface area contributed by atoms with Crippen LogP contribution in [0.4, 0.5) is 0 Å². The van der Waals surface area contributed by atoms with E-state index in [2.05, 4.69) is 0 Å². The van der Waals surface area contributed by atoms with Crippen molar-refractivity contribution in [2.75, 3.05) is 13.1 Å². The highest BCUT2D eigenvalue weighted by Crippen LogP contribution is 2.42. The van der Waals surface area contributed by atoms with Crippen LogP contribution in [-0.2, 0) is 20.2 Å². The molecule has 0 bridgehead atoms. The van der Waals surface area contributed by atoms with Crippen LogP contribution in [0.25, 0.3) is 0 Å². The summed E-state index contributed by atoms with van der Waals surface area (Å²) in [6.45, 7) is 4.32. The molecule has 0 radical (unpaired) electrons. The molecule has 0 aliphatic carbocycles. The Morgan fingerprint density at radius 3 is 2.27 bits per heavy atom. The van der Waals surface area contributed by atoms with E-state index in [-0.39, 0.29) is 23.9 Å². The molecule has 2 aromatic rings. The van der Waals surface area contributed by atoms with Crippen LogP contribution >= 0.6 is 11.6 Å². The van der Waals surface area contributed by atoms with Gasteiger partial charge in [0.2, 0.25) is 15.3 Å². The van der Waals surface area contributed by atoms with Crippen LogP contribution in [-0.4, -0.2) is 31.1 Å². The second-order valence-corrected chi connectivity index (χ2v) is 9.22. The summed E-state index contributed by atoms with van der Waals surface area (Å²) < 4.78 is 27.4. The minimum Gasteiger partial charge on any atom is -0.280 e. The van der Waals surface area contributed by atoms with E-state index in [1.54, 1.807) is 24.3 Å². The molecule has 1 saturated heterocycles. The first-order valence-electron chi connectivity index (χ1n) is 8.61. The van der Waals surface area contributed by atoms with Crippen molar-refractivity contribution in [1.82, 2.24) is 4.31 Å². The van der Waals surface area contributed by atoms with Gasteiger partial charge in [-0.05, 0) is 48.6 Å². The van der Waals surface area contributed by atoms with Gasteiger partial charge >= 0.3 is 0 Å². The Balaban J connectivity index is 1.92. The SMILES string of the molecule is Cc1ccc(S(=O)(=O)N2CCC(C(=O)Cl)(c3ccccc3)C(C)C2)cc1. The number of rotatable bonds is 4. The maximum absolute atomic E-state index is 13.0. The lowest BCUT2D eigenvalue weighted by Gasteiger charge is -2.44. The lowest BCUT2D eigenvalue weighted by atomic mass is 9.68. The van der Waals surface area contributed by atoms with Crippen LogP contribution in [0.15, 0.2) is 59.5 Å². The summed E-state index contributed by atoms with van der Waals surface area (Å²) in [5.74, 6) is -0.233. The number of carbonyl (C=O) groups is 1. The summed E-state index contributed by atoms with van der Waals surface area (Å²) in [6, 6.07) is 16.2. The Bertz CT molecular complexity index is 896. The highest BCUT2D eigenvalue weighted by molar-refractivity contribution is 7.89. The minimum atomic E-state index is -3.59. The maximum Gasteiger partial charge on any atom is 0.243 e. The average molecular weight is 392 g/mol. The Morgan fingerprint density at radius 1 is 1.12 bits per heavy atom. The van der Waals surface area contributed by atoms with Gasteiger partial charge in [0.25, 0.3) is 0 Å². The van der Waals surface area contributed by atoms with Crippen molar-refractivity contribution in [3.8, 4) is 0 Å². The van der Waals surface area contributed by atoms with Crippen molar-refractivity contribution < 1.29 is 13.2 Å². The van der Waals surface area contributed by atoms with Crippen LogP contribution in [0.1, 0.15) is 24.5 Å². The molecule has 4 nitrogen and oxygen atoms in total. The van der Waals surface area contributed by atoms with Crippen molar-refractivity contribution >= 4 is 26.9 Å². The van der Waals surface area contributed by atoms with Crippen LogP contribution in [0, 0.1) is 12.8 Å². The second kappa shape index (κ2) is 7.14. The summed E-state index contributed by atoms with van der Waals surface area (Å²) in [6.07, 6.45) is 0.367. The number of carbonyl (C=O) groups excluding carboxylic acids is 1. The van der Waals surface area contributed by atoms with Crippen molar-refractivity contribution in [2.24, 2.45) is 5.92 Å². The first-order valence-corrected chi connectivity index (χ1v) is 10.4. The minimum absolute atomic E-state index is 0.233. The summed E-state index contributed by atoms with van der Waals surface area (Å²) in [5, 5.41) is -0.427. The van der Waals surface area contributed by atoms with E-state index >= 15 is 0 Å². The smallest absolute Gasteiger partial charge is 0.243 e. The summed E-state index contributed by atoms with van der Waals surface area (Å²) in [4.78, 5) is 12.7. The lowest BCUT2D eigenvalue weighted by molar-refractivity contribution is -0.120. The molecule has 26 heavy (non-hydrogen) atoms. The molecule has 0 N–H and O–H groups in total. The van der Waals surface area contributed by atoms with E-state index in [1.165, 1.54) is 4.31 Å². The van der Waals surface area contributed by atoms with Crippen LogP contribution < -0.4 is 0 Å². The Labute approximate surface area is 159 Å². The molecular weight excluding hydrogens is 370 g/mol. The van der Waals surface area contributed by atoms with Gasteiger partial charge in [0, 0.05) is 13.1 Å². The number of hydrogen-bond acceptors (Lipinski definition) is 3. The molecule has 3 rings (SSSR count). The number of nitrogens with zero attached hydrogens (tertiary/aromatic N) is 1.